The van der Waals surface area contributed by atoms with Crippen molar-refractivity contribution in [2.45, 2.75) is 26.3 Å². The fraction of sp³-hybridized carbons (Fsp3) is 0.222. The number of thiophene rings is 1. The summed E-state index contributed by atoms with van der Waals surface area (Å²) >= 11 is 5.29. The largest absolute Gasteiger partial charge is 0.238 e. The van der Waals surface area contributed by atoms with E-state index in [2.05, 4.69) is 76.2 Å². The van der Waals surface area contributed by atoms with E-state index in [0.29, 0.717) is 0 Å². The van der Waals surface area contributed by atoms with Crippen LogP contribution in [0.2, 0.25) is 0 Å². The quantitative estimate of drug-likeness (QED) is 0.550. The van der Waals surface area contributed by atoms with Gasteiger partial charge in [-0.25, -0.2) is 9.67 Å². The molecule has 1 aliphatic heterocycles. The van der Waals surface area contributed by atoms with E-state index in [9.17, 15) is 0 Å². The second kappa shape index (κ2) is 5.73. The van der Waals surface area contributed by atoms with Gasteiger partial charge in [-0.15, -0.1) is 11.3 Å². The van der Waals surface area contributed by atoms with Gasteiger partial charge in [-0.3, -0.25) is 0 Å². The van der Waals surface area contributed by atoms with Crippen LogP contribution in [-0.2, 0) is 0 Å². The van der Waals surface area contributed by atoms with Crippen LogP contribution in [0.5, 0.6) is 0 Å². The Morgan fingerprint density at radius 2 is 1.96 bits per heavy atom. The van der Waals surface area contributed by atoms with Gasteiger partial charge in [0.2, 0.25) is 0 Å². The molecular weight excluding hydrogens is 370 g/mol. The summed E-state index contributed by atoms with van der Waals surface area (Å²) in [5.74, 6) is 0.979. The summed E-state index contributed by atoms with van der Waals surface area (Å²) in [5.41, 5.74) is 4.49. The molecule has 0 spiro atoms. The van der Waals surface area contributed by atoms with E-state index in [4.69, 9.17) is 10.1 Å². The van der Waals surface area contributed by atoms with E-state index >= 15 is 0 Å². The van der Waals surface area contributed by atoms with E-state index in [-0.39, 0.29) is 6.04 Å². The predicted molar refractivity (Wildman–Crippen MR) is 99.9 cm³/mol. The fourth-order valence-electron chi connectivity index (χ4n) is 3.11. The van der Waals surface area contributed by atoms with Crippen LogP contribution in [0.25, 0.3) is 11.1 Å². The van der Waals surface area contributed by atoms with Crippen molar-refractivity contribution in [1.82, 2.24) is 9.78 Å². The van der Waals surface area contributed by atoms with E-state index in [0.717, 1.165) is 39.2 Å². The lowest BCUT2D eigenvalue weighted by atomic mass is 10.0. The van der Waals surface area contributed by atoms with Gasteiger partial charge in [0.25, 0.3) is 0 Å². The minimum atomic E-state index is 0.255. The third kappa shape index (κ3) is 2.58. The smallest absolute Gasteiger partial charge is 0.159 e. The zero-order valence-corrected chi connectivity index (χ0v) is 15.4. The summed E-state index contributed by atoms with van der Waals surface area (Å²) in [6.45, 7) is 4.18. The Balaban J connectivity index is 1.90. The summed E-state index contributed by atoms with van der Waals surface area (Å²) < 4.78 is 3.18. The number of rotatable bonds is 2. The number of halogens is 1. The number of hydrogen-bond acceptors (Lipinski definition) is 3. The average Bonchev–Trinajstić information content (AvgIpc) is 3.15. The van der Waals surface area contributed by atoms with Gasteiger partial charge in [-0.1, -0.05) is 34.1 Å². The molecule has 1 aliphatic rings. The Hall–Kier alpha value is -1.72. The highest BCUT2D eigenvalue weighted by Gasteiger charge is 2.28. The zero-order chi connectivity index (χ0) is 16.0. The Bertz CT molecular complexity index is 876. The van der Waals surface area contributed by atoms with Gasteiger partial charge in [0.15, 0.2) is 5.82 Å². The van der Waals surface area contributed by atoms with Crippen LogP contribution < -0.4 is 0 Å². The standard InChI is InChI=1S/C18H16BrN3S/c1-11-10-15(16-4-3-9-23-16)22-18(20-11)17(12(2)21-22)13-5-7-14(19)8-6-13/h3-9,15H,10H2,1-2H3. The number of fused-ring (bicyclic) bond motifs is 1. The summed E-state index contributed by atoms with van der Waals surface area (Å²) in [6.07, 6.45) is 0.925. The first-order valence-electron chi connectivity index (χ1n) is 7.56. The SMILES string of the molecule is CC1=Nc2c(-c3ccc(Br)cc3)c(C)nn2C(c2cccs2)C1. The van der Waals surface area contributed by atoms with Crippen LogP contribution in [0.4, 0.5) is 5.82 Å². The Morgan fingerprint density at radius 3 is 2.65 bits per heavy atom. The molecule has 1 aromatic carbocycles. The molecule has 0 aliphatic carbocycles. The van der Waals surface area contributed by atoms with Gasteiger partial charge in [-0.2, -0.15) is 5.10 Å². The highest BCUT2D eigenvalue weighted by molar-refractivity contribution is 9.10. The molecule has 0 N–H and O–H groups in total. The van der Waals surface area contributed by atoms with Crippen molar-refractivity contribution in [3.8, 4) is 11.1 Å². The van der Waals surface area contributed by atoms with Gasteiger partial charge < -0.3 is 0 Å². The molecule has 0 saturated heterocycles. The maximum Gasteiger partial charge on any atom is 0.159 e. The zero-order valence-electron chi connectivity index (χ0n) is 13.0. The molecule has 4 rings (SSSR count). The minimum absolute atomic E-state index is 0.255. The van der Waals surface area contributed by atoms with E-state index in [1.54, 1.807) is 11.3 Å². The van der Waals surface area contributed by atoms with Gasteiger partial charge >= 0.3 is 0 Å². The van der Waals surface area contributed by atoms with Crippen LogP contribution in [-0.4, -0.2) is 15.5 Å². The first-order valence-corrected chi connectivity index (χ1v) is 9.23. The first-order chi connectivity index (χ1) is 11.1. The van der Waals surface area contributed by atoms with Crippen molar-refractivity contribution in [3.63, 3.8) is 0 Å². The lowest BCUT2D eigenvalue weighted by Crippen LogP contribution is -2.18. The normalized spacial score (nSPS) is 17.0. The van der Waals surface area contributed by atoms with Gasteiger partial charge in [-0.05, 0) is 43.0 Å². The van der Waals surface area contributed by atoms with Crippen LogP contribution in [0.15, 0.2) is 51.2 Å². The molecule has 0 amide bonds. The Kier molecular flexibility index (Phi) is 3.70. The average molecular weight is 386 g/mol. The first kappa shape index (κ1) is 14.8. The van der Waals surface area contributed by atoms with Gasteiger partial charge in [0.1, 0.15) is 0 Å². The van der Waals surface area contributed by atoms with Crippen LogP contribution in [0.1, 0.15) is 30.0 Å². The van der Waals surface area contributed by atoms with Crippen molar-refractivity contribution in [1.29, 1.82) is 0 Å². The molecule has 0 fully saturated rings. The number of nitrogens with zero attached hydrogens (tertiary/aromatic N) is 3. The van der Waals surface area contributed by atoms with E-state index in [1.807, 2.05) is 0 Å². The van der Waals surface area contributed by atoms with Gasteiger partial charge in [0, 0.05) is 27.0 Å². The fourth-order valence-corrected chi connectivity index (χ4v) is 4.18. The molecular formula is C18H16BrN3S. The molecule has 1 unspecified atom stereocenters. The van der Waals surface area contributed by atoms with Crippen LogP contribution >= 0.6 is 27.3 Å². The third-order valence-electron chi connectivity index (χ3n) is 4.15. The summed E-state index contributed by atoms with van der Waals surface area (Å²) in [5, 5.41) is 6.95. The molecule has 5 heteroatoms. The number of hydrogen-bond donors (Lipinski definition) is 0. The molecule has 3 aromatic rings. The lowest BCUT2D eigenvalue weighted by molar-refractivity contribution is 0.536. The molecule has 116 valence electrons. The molecule has 3 nitrogen and oxygen atoms in total. The maximum atomic E-state index is 4.84. The Labute approximate surface area is 147 Å². The summed E-state index contributed by atoms with van der Waals surface area (Å²) in [7, 11) is 0. The molecule has 0 bridgehead atoms. The molecule has 23 heavy (non-hydrogen) atoms. The highest BCUT2D eigenvalue weighted by Crippen LogP contribution is 2.41. The van der Waals surface area contributed by atoms with Crippen molar-refractivity contribution < 1.29 is 0 Å². The maximum absolute atomic E-state index is 4.84. The topological polar surface area (TPSA) is 30.2 Å². The van der Waals surface area contributed by atoms with Crippen molar-refractivity contribution in [2.24, 2.45) is 4.99 Å². The number of aromatic nitrogens is 2. The molecule has 3 heterocycles. The van der Waals surface area contributed by atoms with E-state index < -0.39 is 0 Å². The van der Waals surface area contributed by atoms with Crippen LogP contribution in [0, 0.1) is 6.92 Å². The molecule has 0 radical (unpaired) electrons. The second-order valence-electron chi connectivity index (χ2n) is 5.82. The van der Waals surface area contributed by atoms with E-state index in [1.165, 1.54) is 4.88 Å². The second-order valence-corrected chi connectivity index (χ2v) is 7.71. The number of benzene rings is 1. The molecule has 2 aromatic heterocycles. The molecule has 1 atom stereocenters. The van der Waals surface area contributed by atoms with Crippen molar-refractivity contribution in [3.05, 3.63) is 56.8 Å². The van der Waals surface area contributed by atoms with Crippen LogP contribution in [0.3, 0.4) is 0 Å². The predicted octanol–water partition coefficient (Wildman–Crippen LogP) is 5.77. The minimum Gasteiger partial charge on any atom is -0.238 e. The summed E-state index contributed by atoms with van der Waals surface area (Å²) in [6, 6.07) is 12.9. The Morgan fingerprint density at radius 1 is 1.17 bits per heavy atom. The highest BCUT2D eigenvalue weighted by atomic mass is 79.9. The monoisotopic (exact) mass is 385 g/mol. The van der Waals surface area contributed by atoms with Gasteiger partial charge in [0.05, 0.1) is 11.7 Å². The lowest BCUT2D eigenvalue weighted by Gasteiger charge is -2.22. The number of aryl methyl sites for hydroxylation is 1. The molecule has 0 saturated carbocycles. The number of aliphatic imine (C=N–C) groups is 1. The van der Waals surface area contributed by atoms with Crippen molar-refractivity contribution in [2.75, 3.05) is 0 Å². The third-order valence-corrected chi connectivity index (χ3v) is 5.65. The van der Waals surface area contributed by atoms with Crippen molar-refractivity contribution >= 4 is 38.8 Å². The summed E-state index contributed by atoms with van der Waals surface area (Å²) in [4.78, 5) is 6.17.